The van der Waals surface area contributed by atoms with Gasteiger partial charge < -0.3 is 10.6 Å². The van der Waals surface area contributed by atoms with Crippen molar-refractivity contribution in [2.45, 2.75) is 6.92 Å². The van der Waals surface area contributed by atoms with Gasteiger partial charge in [-0.25, -0.2) is 4.98 Å². The Morgan fingerprint density at radius 3 is 2.71 bits per heavy atom. The Labute approximate surface area is 123 Å². The molecule has 5 nitrogen and oxygen atoms in total. The molecule has 0 aliphatic carbocycles. The first-order valence-electron chi connectivity index (χ1n) is 6.64. The van der Waals surface area contributed by atoms with Crippen LogP contribution in [0.4, 0.5) is 5.69 Å². The number of nitriles is 1. The molecule has 0 spiro atoms. The highest BCUT2D eigenvalue weighted by molar-refractivity contribution is 5.94. The van der Waals surface area contributed by atoms with Crippen molar-refractivity contribution < 1.29 is 4.79 Å². The van der Waals surface area contributed by atoms with Gasteiger partial charge in [-0.15, -0.1) is 0 Å². The zero-order valence-corrected chi connectivity index (χ0v) is 11.8. The smallest absolute Gasteiger partial charge is 0.251 e. The third-order valence-electron chi connectivity index (χ3n) is 2.95. The number of carbonyl (C=O) groups excluding carboxylic acids is 1. The minimum Gasteiger partial charge on any atom is -0.381 e. The number of amides is 1. The third kappa shape index (κ3) is 4.05. The second-order valence-electron chi connectivity index (χ2n) is 4.56. The Morgan fingerprint density at radius 2 is 2.00 bits per heavy atom. The van der Waals surface area contributed by atoms with E-state index in [1.165, 1.54) is 0 Å². The van der Waals surface area contributed by atoms with E-state index >= 15 is 0 Å². The maximum absolute atomic E-state index is 11.9. The summed E-state index contributed by atoms with van der Waals surface area (Å²) < 4.78 is 0. The van der Waals surface area contributed by atoms with Crippen LogP contribution < -0.4 is 10.6 Å². The normalized spacial score (nSPS) is 9.71. The summed E-state index contributed by atoms with van der Waals surface area (Å²) >= 11 is 0. The number of aryl methyl sites for hydroxylation is 1. The van der Waals surface area contributed by atoms with E-state index in [0.29, 0.717) is 30.0 Å². The number of carbonyl (C=O) groups is 1. The number of nitrogens with one attached hydrogen (secondary N) is 2. The summed E-state index contributed by atoms with van der Waals surface area (Å²) in [4.78, 5) is 15.8. The SMILES string of the molecule is Cc1ccc(C(=O)NCCNc2cccnc2C#N)cc1. The zero-order chi connectivity index (χ0) is 15.1. The molecule has 0 radical (unpaired) electrons. The van der Waals surface area contributed by atoms with Gasteiger partial charge in [-0.3, -0.25) is 4.79 Å². The van der Waals surface area contributed by atoms with E-state index in [-0.39, 0.29) is 5.91 Å². The first-order valence-corrected chi connectivity index (χ1v) is 6.64. The van der Waals surface area contributed by atoms with Crippen LogP contribution in [0.3, 0.4) is 0 Å². The van der Waals surface area contributed by atoms with E-state index in [9.17, 15) is 4.79 Å². The highest BCUT2D eigenvalue weighted by Crippen LogP contribution is 2.09. The van der Waals surface area contributed by atoms with Gasteiger partial charge in [0.25, 0.3) is 5.91 Å². The Morgan fingerprint density at radius 1 is 1.24 bits per heavy atom. The molecule has 106 valence electrons. The van der Waals surface area contributed by atoms with Crippen molar-refractivity contribution in [1.29, 1.82) is 5.26 Å². The van der Waals surface area contributed by atoms with Crippen LogP contribution in [0.15, 0.2) is 42.6 Å². The number of rotatable bonds is 5. The first kappa shape index (κ1) is 14.5. The van der Waals surface area contributed by atoms with Crippen LogP contribution in [0.5, 0.6) is 0 Å². The lowest BCUT2D eigenvalue weighted by Gasteiger charge is -2.08. The Balaban J connectivity index is 1.81. The molecule has 0 bridgehead atoms. The van der Waals surface area contributed by atoms with Crippen LogP contribution >= 0.6 is 0 Å². The van der Waals surface area contributed by atoms with E-state index in [0.717, 1.165) is 5.56 Å². The van der Waals surface area contributed by atoms with E-state index in [1.807, 2.05) is 25.1 Å². The van der Waals surface area contributed by atoms with Crippen LogP contribution in [0.25, 0.3) is 0 Å². The molecule has 5 heteroatoms. The summed E-state index contributed by atoms with van der Waals surface area (Å²) in [6.45, 7) is 2.97. The van der Waals surface area contributed by atoms with Gasteiger partial charge in [-0.1, -0.05) is 17.7 Å². The summed E-state index contributed by atoms with van der Waals surface area (Å²) in [5.41, 5.74) is 2.78. The van der Waals surface area contributed by atoms with E-state index in [4.69, 9.17) is 5.26 Å². The first-order chi connectivity index (χ1) is 10.2. The van der Waals surface area contributed by atoms with E-state index in [2.05, 4.69) is 15.6 Å². The molecule has 1 heterocycles. The van der Waals surface area contributed by atoms with Crippen LogP contribution in [0.1, 0.15) is 21.6 Å². The topological polar surface area (TPSA) is 77.8 Å². The zero-order valence-electron chi connectivity index (χ0n) is 11.8. The summed E-state index contributed by atoms with van der Waals surface area (Å²) in [5, 5.41) is 14.8. The summed E-state index contributed by atoms with van der Waals surface area (Å²) in [6, 6.07) is 13.0. The molecule has 2 rings (SSSR count). The van der Waals surface area contributed by atoms with Crippen molar-refractivity contribution in [1.82, 2.24) is 10.3 Å². The highest BCUT2D eigenvalue weighted by Gasteiger charge is 2.04. The van der Waals surface area contributed by atoms with Gasteiger partial charge in [0, 0.05) is 24.8 Å². The lowest BCUT2D eigenvalue weighted by atomic mass is 10.1. The van der Waals surface area contributed by atoms with Crippen molar-refractivity contribution in [3.63, 3.8) is 0 Å². The fourth-order valence-electron chi connectivity index (χ4n) is 1.82. The van der Waals surface area contributed by atoms with Crippen molar-refractivity contribution in [3.8, 4) is 6.07 Å². The predicted octanol–water partition coefficient (Wildman–Crippen LogP) is 2.10. The van der Waals surface area contributed by atoms with Crippen molar-refractivity contribution in [2.75, 3.05) is 18.4 Å². The van der Waals surface area contributed by atoms with E-state index < -0.39 is 0 Å². The predicted molar refractivity (Wildman–Crippen MR) is 81.0 cm³/mol. The number of pyridine rings is 1. The molecule has 1 amide bonds. The highest BCUT2D eigenvalue weighted by atomic mass is 16.1. The molecule has 1 aromatic heterocycles. The summed E-state index contributed by atoms with van der Waals surface area (Å²) in [7, 11) is 0. The van der Waals surface area contributed by atoms with Gasteiger partial charge in [0.15, 0.2) is 5.69 Å². The van der Waals surface area contributed by atoms with Gasteiger partial charge >= 0.3 is 0 Å². The van der Waals surface area contributed by atoms with E-state index in [1.54, 1.807) is 30.5 Å². The van der Waals surface area contributed by atoms with Crippen molar-refractivity contribution in [2.24, 2.45) is 0 Å². The summed E-state index contributed by atoms with van der Waals surface area (Å²) in [6.07, 6.45) is 1.57. The molecule has 2 N–H and O–H groups in total. The fraction of sp³-hybridized carbons (Fsp3) is 0.188. The molecule has 0 saturated carbocycles. The second-order valence-corrected chi connectivity index (χ2v) is 4.56. The summed E-state index contributed by atoms with van der Waals surface area (Å²) in [5.74, 6) is -0.108. The maximum Gasteiger partial charge on any atom is 0.251 e. The fourth-order valence-corrected chi connectivity index (χ4v) is 1.82. The van der Waals surface area contributed by atoms with Gasteiger partial charge in [-0.05, 0) is 31.2 Å². The van der Waals surface area contributed by atoms with Crippen molar-refractivity contribution in [3.05, 3.63) is 59.4 Å². The van der Waals surface area contributed by atoms with Gasteiger partial charge in [-0.2, -0.15) is 5.26 Å². The lowest BCUT2D eigenvalue weighted by Crippen LogP contribution is -2.28. The Kier molecular flexibility index (Phi) is 4.89. The number of hydrogen-bond acceptors (Lipinski definition) is 4. The molecule has 2 aromatic rings. The quantitative estimate of drug-likeness (QED) is 0.822. The van der Waals surface area contributed by atoms with Gasteiger partial charge in [0.05, 0.1) is 5.69 Å². The minimum absolute atomic E-state index is 0.108. The molecular weight excluding hydrogens is 264 g/mol. The third-order valence-corrected chi connectivity index (χ3v) is 2.95. The molecule has 0 aliphatic rings. The monoisotopic (exact) mass is 280 g/mol. The number of nitrogens with zero attached hydrogens (tertiary/aromatic N) is 2. The average molecular weight is 280 g/mol. The molecular formula is C16H16N4O. The number of hydrogen-bond donors (Lipinski definition) is 2. The molecule has 0 aliphatic heterocycles. The number of aromatic nitrogens is 1. The van der Waals surface area contributed by atoms with Crippen LogP contribution in [0.2, 0.25) is 0 Å². The second kappa shape index (κ2) is 7.06. The van der Waals surface area contributed by atoms with Crippen LogP contribution in [-0.2, 0) is 0 Å². The van der Waals surface area contributed by atoms with Gasteiger partial charge in [0.1, 0.15) is 6.07 Å². The Bertz CT molecular complexity index is 659. The standard InChI is InChI=1S/C16H16N4O/c1-12-4-6-13(7-5-12)16(21)20-10-9-19-14-3-2-8-18-15(14)11-17/h2-8,19H,9-10H2,1H3,(H,20,21). The Hall–Kier alpha value is -2.87. The molecule has 0 unspecified atom stereocenters. The van der Waals surface area contributed by atoms with Crippen LogP contribution in [-0.4, -0.2) is 24.0 Å². The maximum atomic E-state index is 11.9. The lowest BCUT2D eigenvalue weighted by molar-refractivity contribution is 0.0955. The molecule has 0 atom stereocenters. The average Bonchev–Trinajstić information content (AvgIpc) is 2.52. The largest absolute Gasteiger partial charge is 0.381 e. The minimum atomic E-state index is -0.108. The molecule has 0 fully saturated rings. The van der Waals surface area contributed by atoms with Crippen molar-refractivity contribution >= 4 is 11.6 Å². The van der Waals surface area contributed by atoms with Crippen LogP contribution in [0, 0.1) is 18.3 Å². The molecule has 0 saturated heterocycles. The van der Waals surface area contributed by atoms with Gasteiger partial charge in [0.2, 0.25) is 0 Å². The molecule has 21 heavy (non-hydrogen) atoms. The molecule has 1 aromatic carbocycles. The number of anilines is 1. The number of benzene rings is 1.